The lowest BCUT2D eigenvalue weighted by atomic mass is 10.4. The zero-order chi connectivity index (χ0) is 14.2. The predicted octanol–water partition coefficient (Wildman–Crippen LogP) is 0.701. The summed E-state index contributed by atoms with van der Waals surface area (Å²) in [5.74, 6) is 1.95. The quantitative estimate of drug-likeness (QED) is 0.633. The van der Waals surface area contributed by atoms with Gasteiger partial charge < -0.3 is 20.9 Å². The largest absolute Gasteiger partial charge is 0.354 e. The third-order valence-electron chi connectivity index (χ3n) is 2.96. The van der Waals surface area contributed by atoms with Crippen LogP contribution in [0.15, 0.2) is 12.7 Å². The third-order valence-corrected chi connectivity index (χ3v) is 2.96. The monoisotopic (exact) mass is 277 g/mol. The second-order valence-electron chi connectivity index (χ2n) is 4.62. The van der Waals surface area contributed by atoms with E-state index in [0.29, 0.717) is 18.4 Å². The van der Waals surface area contributed by atoms with Gasteiger partial charge in [0.1, 0.15) is 0 Å². The van der Waals surface area contributed by atoms with Gasteiger partial charge in [-0.3, -0.25) is 0 Å². The first-order valence-corrected chi connectivity index (χ1v) is 7.14. The summed E-state index contributed by atoms with van der Waals surface area (Å²) < 4.78 is 0. The van der Waals surface area contributed by atoms with Gasteiger partial charge in [-0.2, -0.15) is 15.0 Å². The zero-order valence-electron chi connectivity index (χ0n) is 12.0. The van der Waals surface area contributed by atoms with E-state index in [2.05, 4.69) is 49.3 Å². The van der Waals surface area contributed by atoms with Gasteiger partial charge in [-0.25, -0.2) is 0 Å². The van der Waals surface area contributed by atoms with Gasteiger partial charge in [-0.1, -0.05) is 13.0 Å². The molecule has 1 aliphatic rings. The topological polar surface area (TPSA) is 78.0 Å². The Kier molecular flexibility index (Phi) is 5.55. The molecular formula is C13H23N7. The van der Waals surface area contributed by atoms with Crippen LogP contribution in [0.5, 0.6) is 0 Å². The van der Waals surface area contributed by atoms with Crippen molar-refractivity contribution in [3.63, 3.8) is 0 Å². The predicted molar refractivity (Wildman–Crippen MR) is 82.4 cm³/mol. The Morgan fingerprint density at radius 3 is 2.55 bits per heavy atom. The van der Waals surface area contributed by atoms with Crippen LogP contribution in [-0.2, 0) is 0 Å². The average molecular weight is 277 g/mol. The number of aromatic nitrogens is 3. The molecule has 0 unspecified atom stereocenters. The molecule has 1 fully saturated rings. The summed E-state index contributed by atoms with van der Waals surface area (Å²) in [6.45, 7) is 11.0. The number of nitrogens with one attached hydrogen (secondary N) is 3. The van der Waals surface area contributed by atoms with Gasteiger partial charge in [0.05, 0.1) is 0 Å². The van der Waals surface area contributed by atoms with Crippen LogP contribution < -0.4 is 20.9 Å². The highest BCUT2D eigenvalue weighted by Crippen LogP contribution is 2.14. The van der Waals surface area contributed by atoms with Crippen LogP contribution in [0.25, 0.3) is 0 Å². The maximum absolute atomic E-state index is 4.50. The Balaban J connectivity index is 2.16. The van der Waals surface area contributed by atoms with Crippen LogP contribution in [0.1, 0.15) is 13.3 Å². The standard InChI is InChI=1S/C13H23N7/c1-3-5-15-11-17-12(16-6-4-2)19-13(18-11)20-9-7-14-8-10-20/h3,14H,1,4-10H2,2H3,(H2,15,16,17,18,19). The molecule has 1 aromatic heterocycles. The van der Waals surface area contributed by atoms with Crippen LogP contribution in [0.2, 0.25) is 0 Å². The SMILES string of the molecule is C=CCNc1nc(NCCC)nc(N2CCNCC2)n1. The molecule has 1 aliphatic heterocycles. The van der Waals surface area contributed by atoms with E-state index >= 15 is 0 Å². The number of hydrogen-bond donors (Lipinski definition) is 3. The molecule has 0 bridgehead atoms. The molecule has 0 aliphatic carbocycles. The van der Waals surface area contributed by atoms with Crippen LogP contribution in [-0.4, -0.2) is 54.2 Å². The van der Waals surface area contributed by atoms with Crippen molar-refractivity contribution in [3.8, 4) is 0 Å². The van der Waals surface area contributed by atoms with Crippen molar-refractivity contribution >= 4 is 17.8 Å². The molecule has 0 radical (unpaired) electrons. The van der Waals surface area contributed by atoms with E-state index in [4.69, 9.17) is 0 Å². The molecule has 1 saturated heterocycles. The van der Waals surface area contributed by atoms with Gasteiger partial charge >= 0.3 is 0 Å². The smallest absolute Gasteiger partial charge is 0.232 e. The van der Waals surface area contributed by atoms with Gasteiger partial charge in [-0.15, -0.1) is 6.58 Å². The number of piperazine rings is 1. The van der Waals surface area contributed by atoms with Crippen LogP contribution >= 0.6 is 0 Å². The maximum atomic E-state index is 4.50. The fourth-order valence-electron chi connectivity index (χ4n) is 1.93. The molecule has 2 heterocycles. The molecular weight excluding hydrogens is 254 g/mol. The average Bonchev–Trinajstić information content (AvgIpc) is 2.51. The molecule has 3 N–H and O–H groups in total. The van der Waals surface area contributed by atoms with Crippen molar-refractivity contribution in [2.45, 2.75) is 13.3 Å². The van der Waals surface area contributed by atoms with Gasteiger partial charge in [0.2, 0.25) is 17.8 Å². The molecule has 7 heteroatoms. The summed E-state index contributed by atoms with van der Waals surface area (Å²) in [6.07, 6.45) is 2.82. The first-order chi connectivity index (χ1) is 9.83. The van der Waals surface area contributed by atoms with Gasteiger partial charge in [0.15, 0.2) is 0 Å². The third kappa shape index (κ3) is 4.06. The minimum Gasteiger partial charge on any atom is -0.354 e. The van der Waals surface area contributed by atoms with Crippen LogP contribution in [0, 0.1) is 0 Å². The number of nitrogens with zero attached hydrogens (tertiary/aromatic N) is 4. The van der Waals surface area contributed by atoms with E-state index < -0.39 is 0 Å². The lowest BCUT2D eigenvalue weighted by molar-refractivity contribution is 0.579. The Hall–Kier alpha value is -1.89. The highest BCUT2D eigenvalue weighted by Gasteiger charge is 2.15. The van der Waals surface area contributed by atoms with Crippen molar-refractivity contribution in [3.05, 3.63) is 12.7 Å². The first-order valence-electron chi connectivity index (χ1n) is 7.14. The Morgan fingerprint density at radius 2 is 1.90 bits per heavy atom. The molecule has 1 aromatic rings. The molecule has 0 spiro atoms. The second-order valence-corrected chi connectivity index (χ2v) is 4.62. The Labute approximate surface area is 119 Å². The summed E-state index contributed by atoms with van der Waals surface area (Å²) in [4.78, 5) is 15.5. The fraction of sp³-hybridized carbons (Fsp3) is 0.615. The summed E-state index contributed by atoms with van der Waals surface area (Å²) >= 11 is 0. The van der Waals surface area contributed by atoms with Gasteiger partial charge in [0.25, 0.3) is 0 Å². The summed E-state index contributed by atoms with van der Waals surface area (Å²) in [6, 6.07) is 0. The molecule has 20 heavy (non-hydrogen) atoms. The summed E-state index contributed by atoms with van der Waals surface area (Å²) in [7, 11) is 0. The normalized spacial score (nSPS) is 14.9. The molecule has 0 amide bonds. The second kappa shape index (κ2) is 7.64. The van der Waals surface area contributed by atoms with E-state index in [-0.39, 0.29) is 0 Å². The lowest BCUT2D eigenvalue weighted by Crippen LogP contribution is -2.44. The molecule has 0 atom stereocenters. The highest BCUT2D eigenvalue weighted by atomic mass is 15.3. The number of rotatable bonds is 7. The van der Waals surface area contributed by atoms with Crippen molar-refractivity contribution in [2.24, 2.45) is 0 Å². The van der Waals surface area contributed by atoms with Crippen LogP contribution in [0.4, 0.5) is 17.8 Å². The van der Waals surface area contributed by atoms with E-state index in [0.717, 1.165) is 45.1 Å². The van der Waals surface area contributed by atoms with Gasteiger partial charge in [-0.05, 0) is 6.42 Å². The maximum Gasteiger partial charge on any atom is 0.232 e. The number of hydrogen-bond acceptors (Lipinski definition) is 7. The van der Waals surface area contributed by atoms with E-state index in [9.17, 15) is 0 Å². The van der Waals surface area contributed by atoms with Crippen molar-refractivity contribution in [2.75, 3.05) is 54.8 Å². The molecule has 2 rings (SSSR count). The van der Waals surface area contributed by atoms with Crippen molar-refractivity contribution in [1.82, 2.24) is 20.3 Å². The molecule has 7 nitrogen and oxygen atoms in total. The van der Waals surface area contributed by atoms with Crippen molar-refractivity contribution in [1.29, 1.82) is 0 Å². The fourth-order valence-corrected chi connectivity index (χ4v) is 1.93. The zero-order valence-corrected chi connectivity index (χ0v) is 12.0. The lowest BCUT2D eigenvalue weighted by Gasteiger charge is -2.27. The van der Waals surface area contributed by atoms with E-state index in [1.54, 1.807) is 6.08 Å². The summed E-state index contributed by atoms with van der Waals surface area (Å²) in [5, 5.41) is 9.67. The highest BCUT2D eigenvalue weighted by molar-refractivity contribution is 5.44. The molecule has 0 aromatic carbocycles. The molecule has 0 saturated carbocycles. The van der Waals surface area contributed by atoms with Gasteiger partial charge in [0, 0.05) is 39.3 Å². The minimum atomic E-state index is 0.590. The Morgan fingerprint density at radius 1 is 1.20 bits per heavy atom. The number of anilines is 3. The first kappa shape index (κ1) is 14.5. The van der Waals surface area contributed by atoms with Crippen LogP contribution in [0.3, 0.4) is 0 Å². The van der Waals surface area contributed by atoms with E-state index in [1.165, 1.54) is 0 Å². The van der Waals surface area contributed by atoms with E-state index in [1.807, 2.05) is 0 Å². The minimum absolute atomic E-state index is 0.590. The molecule has 110 valence electrons. The summed E-state index contributed by atoms with van der Waals surface area (Å²) in [5.41, 5.74) is 0. The van der Waals surface area contributed by atoms with Crippen molar-refractivity contribution < 1.29 is 0 Å². The Bertz CT molecular complexity index is 429.